The van der Waals surface area contributed by atoms with Gasteiger partial charge in [0.25, 0.3) is 10.0 Å². The summed E-state index contributed by atoms with van der Waals surface area (Å²) in [6.07, 6.45) is 2.35. The Labute approximate surface area is 107 Å². The molecule has 1 atom stereocenters. The smallest absolute Gasteiger partial charge is 0.259 e. The number of hydrogen-bond acceptors (Lipinski definition) is 4. The maximum atomic E-state index is 11.9. The second-order valence-electron chi connectivity index (χ2n) is 4.05. The van der Waals surface area contributed by atoms with Crippen LogP contribution in [0.15, 0.2) is 11.2 Å². The van der Waals surface area contributed by atoms with Gasteiger partial charge in [-0.3, -0.25) is 0 Å². The molecular formula is C9H17ClN4O2S. The van der Waals surface area contributed by atoms with Gasteiger partial charge in [0.1, 0.15) is 5.82 Å². The minimum Gasteiger partial charge on any atom is -0.337 e. The van der Waals surface area contributed by atoms with Crippen molar-refractivity contribution in [3.63, 3.8) is 0 Å². The molecule has 0 saturated carbocycles. The van der Waals surface area contributed by atoms with Crippen LogP contribution in [0.3, 0.4) is 0 Å². The van der Waals surface area contributed by atoms with E-state index in [-0.39, 0.29) is 23.5 Å². The molecule has 2 heterocycles. The Morgan fingerprint density at radius 1 is 1.59 bits per heavy atom. The zero-order chi connectivity index (χ0) is 11.8. The molecule has 0 radical (unpaired) electrons. The monoisotopic (exact) mass is 280 g/mol. The number of aromatic nitrogens is 2. The molecule has 0 aliphatic carbocycles. The molecule has 1 aliphatic rings. The third-order valence-electron chi connectivity index (χ3n) is 2.74. The summed E-state index contributed by atoms with van der Waals surface area (Å²) in [5.41, 5.74) is 0. The first-order valence-corrected chi connectivity index (χ1v) is 6.70. The fraction of sp³-hybridized carbons (Fsp3) is 0.667. The second-order valence-corrected chi connectivity index (χ2v) is 5.71. The maximum absolute atomic E-state index is 11.9. The molecule has 1 saturated heterocycles. The molecule has 98 valence electrons. The summed E-state index contributed by atoms with van der Waals surface area (Å²) < 4.78 is 28.2. The molecule has 6 nitrogen and oxygen atoms in total. The molecule has 2 N–H and O–H groups in total. The van der Waals surface area contributed by atoms with Crippen LogP contribution in [0, 0.1) is 6.92 Å². The molecule has 0 aromatic carbocycles. The van der Waals surface area contributed by atoms with Crippen LogP contribution in [0.4, 0.5) is 0 Å². The first kappa shape index (κ1) is 14.4. The van der Waals surface area contributed by atoms with Gasteiger partial charge in [0.05, 0.1) is 0 Å². The van der Waals surface area contributed by atoms with Crippen LogP contribution in [0.25, 0.3) is 0 Å². The molecule has 1 aliphatic heterocycles. The van der Waals surface area contributed by atoms with Crippen LogP contribution in [-0.2, 0) is 17.1 Å². The largest absolute Gasteiger partial charge is 0.337 e. The zero-order valence-electron chi connectivity index (χ0n) is 9.80. The van der Waals surface area contributed by atoms with Gasteiger partial charge < -0.3 is 9.88 Å². The van der Waals surface area contributed by atoms with Gasteiger partial charge in [-0.25, -0.2) is 18.1 Å². The van der Waals surface area contributed by atoms with Gasteiger partial charge in [0.2, 0.25) is 0 Å². The molecule has 1 aromatic rings. The van der Waals surface area contributed by atoms with E-state index in [1.165, 1.54) is 6.20 Å². The minimum atomic E-state index is -3.47. The third-order valence-corrected chi connectivity index (χ3v) is 4.13. The van der Waals surface area contributed by atoms with E-state index in [9.17, 15) is 8.42 Å². The first-order chi connectivity index (χ1) is 7.49. The molecule has 2 rings (SSSR count). The summed E-state index contributed by atoms with van der Waals surface area (Å²) in [7, 11) is -1.69. The molecule has 1 unspecified atom stereocenters. The first-order valence-electron chi connectivity index (χ1n) is 5.22. The molecule has 17 heavy (non-hydrogen) atoms. The van der Waals surface area contributed by atoms with Gasteiger partial charge in [-0.2, -0.15) is 0 Å². The van der Waals surface area contributed by atoms with E-state index < -0.39 is 10.0 Å². The lowest BCUT2D eigenvalue weighted by Crippen LogP contribution is -2.36. The van der Waals surface area contributed by atoms with Gasteiger partial charge in [-0.1, -0.05) is 0 Å². The van der Waals surface area contributed by atoms with Crippen LogP contribution < -0.4 is 10.0 Å². The van der Waals surface area contributed by atoms with Crippen molar-refractivity contribution in [3.05, 3.63) is 12.0 Å². The highest BCUT2D eigenvalue weighted by molar-refractivity contribution is 7.89. The Morgan fingerprint density at radius 2 is 2.29 bits per heavy atom. The van der Waals surface area contributed by atoms with Crippen molar-refractivity contribution in [2.45, 2.75) is 24.4 Å². The average molecular weight is 281 g/mol. The number of rotatable bonds is 3. The quantitative estimate of drug-likeness (QED) is 0.803. The molecule has 8 heteroatoms. The van der Waals surface area contributed by atoms with Crippen LogP contribution in [0.5, 0.6) is 0 Å². The van der Waals surface area contributed by atoms with Crippen LogP contribution in [-0.4, -0.2) is 37.1 Å². The van der Waals surface area contributed by atoms with Crippen molar-refractivity contribution >= 4 is 22.4 Å². The van der Waals surface area contributed by atoms with Crippen LogP contribution >= 0.6 is 12.4 Å². The van der Waals surface area contributed by atoms with E-state index in [2.05, 4.69) is 15.0 Å². The fourth-order valence-corrected chi connectivity index (χ4v) is 3.00. The van der Waals surface area contributed by atoms with E-state index in [1.807, 2.05) is 0 Å². The molecule has 1 fully saturated rings. The van der Waals surface area contributed by atoms with Crippen molar-refractivity contribution in [1.29, 1.82) is 0 Å². The number of hydrogen-bond donors (Lipinski definition) is 2. The predicted octanol–water partition coefficient (Wildman–Crippen LogP) is -0.209. The van der Waals surface area contributed by atoms with Gasteiger partial charge in [-0.15, -0.1) is 12.4 Å². The Kier molecular flexibility index (Phi) is 4.54. The number of sulfonamides is 1. The second kappa shape index (κ2) is 5.34. The van der Waals surface area contributed by atoms with Crippen molar-refractivity contribution in [2.24, 2.45) is 7.05 Å². The summed E-state index contributed by atoms with van der Waals surface area (Å²) >= 11 is 0. The summed E-state index contributed by atoms with van der Waals surface area (Å²) in [6.45, 7) is 3.32. The van der Waals surface area contributed by atoms with Crippen molar-refractivity contribution < 1.29 is 8.42 Å². The Morgan fingerprint density at radius 3 is 2.76 bits per heavy atom. The van der Waals surface area contributed by atoms with E-state index in [0.717, 1.165) is 13.0 Å². The highest BCUT2D eigenvalue weighted by Gasteiger charge is 2.24. The number of imidazole rings is 1. The van der Waals surface area contributed by atoms with Gasteiger partial charge >= 0.3 is 0 Å². The standard InChI is InChI=1S/C9H16N4O2S.ClH/c1-7-11-9(6-13(7)2)16(14,15)12-8-3-4-10-5-8;/h6,8,10,12H,3-5H2,1-2H3;1H. The summed E-state index contributed by atoms with van der Waals surface area (Å²) in [4.78, 5) is 4.02. The topological polar surface area (TPSA) is 76.0 Å². The lowest BCUT2D eigenvalue weighted by Gasteiger charge is -2.09. The number of halogens is 1. The maximum Gasteiger partial charge on any atom is 0.259 e. The van der Waals surface area contributed by atoms with Crippen molar-refractivity contribution in [3.8, 4) is 0 Å². The highest BCUT2D eigenvalue weighted by atomic mass is 35.5. The third kappa shape index (κ3) is 3.19. The predicted molar refractivity (Wildman–Crippen MR) is 66.8 cm³/mol. The molecule has 0 bridgehead atoms. The lowest BCUT2D eigenvalue weighted by molar-refractivity contribution is 0.557. The molecule has 0 amide bonds. The SMILES string of the molecule is Cc1nc(S(=O)(=O)NC2CCNC2)cn1C.Cl. The normalized spacial score (nSPS) is 20.2. The van der Waals surface area contributed by atoms with Crippen molar-refractivity contribution in [2.75, 3.05) is 13.1 Å². The van der Waals surface area contributed by atoms with Gasteiger partial charge in [-0.05, 0) is 19.9 Å². The Bertz CT molecular complexity index is 460. The minimum absolute atomic E-state index is 0. The average Bonchev–Trinajstić information content (AvgIpc) is 2.78. The highest BCUT2D eigenvalue weighted by Crippen LogP contribution is 2.09. The number of nitrogens with one attached hydrogen (secondary N) is 2. The zero-order valence-corrected chi connectivity index (χ0v) is 11.4. The fourth-order valence-electron chi connectivity index (χ4n) is 1.69. The lowest BCUT2D eigenvalue weighted by atomic mass is 10.3. The molecule has 1 aromatic heterocycles. The summed E-state index contributed by atoms with van der Waals surface area (Å²) in [6, 6.07) is -0.0210. The number of aryl methyl sites for hydroxylation is 2. The molecule has 0 spiro atoms. The van der Waals surface area contributed by atoms with Crippen LogP contribution in [0.2, 0.25) is 0 Å². The van der Waals surface area contributed by atoms with Gasteiger partial charge in [0.15, 0.2) is 5.03 Å². The van der Waals surface area contributed by atoms with Crippen molar-refractivity contribution in [1.82, 2.24) is 19.6 Å². The van der Waals surface area contributed by atoms with E-state index in [4.69, 9.17) is 0 Å². The van der Waals surface area contributed by atoms with E-state index in [1.54, 1.807) is 18.5 Å². The van der Waals surface area contributed by atoms with Crippen LogP contribution in [0.1, 0.15) is 12.2 Å². The Balaban J connectivity index is 0.00000144. The number of nitrogens with zero attached hydrogens (tertiary/aromatic N) is 2. The summed E-state index contributed by atoms with van der Waals surface area (Å²) in [5, 5.41) is 3.21. The van der Waals surface area contributed by atoms with E-state index >= 15 is 0 Å². The Hall–Kier alpha value is -0.630. The molecular weight excluding hydrogens is 264 g/mol. The van der Waals surface area contributed by atoms with E-state index in [0.29, 0.717) is 12.4 Å². The summed E-state index contributed by atoms with van der Waals surface area (Å²) in [5.74, 6) is 0.685. The van der Waals surface area contributed by atoms with Gasteiger partial charge in [0, 0.05) is 25.8 Å².